The van der Waals surface area contributed by atoms with Crippen LogP contribution in [-0.2, 0) is 4.79 Å². The van der Waals surface area contributed by atoms with Crippen LogP contribution in [0.5, 0.6) is 0 Å². The van der Waals surface area contributed by atoms with E-state index in [1.165, 1.54) is 4.90 Å². The highest BCUT2D eigenvalue weighted by atomic mass is 35.5. The zero-order chi connectivity index (χ0) is 11.5. The van der Waals surface area contributed by atoms with Crippen LogP contribution in [0.25, 0.3) is 0 Å². The van der Waals surface area contributed by atoms with Crippen LogP contribution < -0.4 is 0 Å². The number of carbonyl (C=O) groups is 1. The van der Waals surface area contributed by atoms with Crippen LogP contribution in [-0.4, -0.2) is 28.0 Å². The molecule has 0 aromatic carbocycles. The van der Waals surface area contributed by atoms with Gasteiger partial charge in [-0.3, -0.25) is 9.78 Å². The third-order valence-corrected chi connectivity index (χ3v) is 2.98. The maximum absolute atomic E-state index is 12.8. The Bertz CT molecular complexity index is 372. The summed E-state index contributed by atoms with van der Waals surface area (Å²) in [5, 5.41) is 0. The van der Waals surface area contributed by atoms with Gasteiger partial charge in [-0.2, -0.15) is 0 Å². The van der Waals surface area contributed by atoms with Gasteiger partial charge in [-0.1, -0.05) is 17.7 Å². The molecule has 2 atom stereocenters. The first-order chi connectivity index (χ1) is 7.70. The molecular formula is C11H12ClFN2O. The molecule has 5 heteroatoms. The zero-order valence-corrected chi connectivity index (χ0v) is 9.40. The molecule has 1 fully saturated rings. The lowest BCUT2D eigenvalue weighted by Gasteiger charge is -2.24. The van der Waals surface area contributed by atoms with Gasteiger partial charge in [-0.25, -0.2) is 4.39 Å². The number of hydrogen-bond acceptors (Lipinski definition) is 2. The molecule has 0 radical (unpaired) electrons. The molecule has 1 amide bonds. The van der Waals surface area contributed by atoms with Crippen molar-refractivity contribution in [3.8, 4) is 0 Å². The minimum Gasteiger partial charge on any atom is -0.332 e. The topological polar surface area (TPSA) is 33.2 Å². The SMILES string of the molecule is O=C(C(F)Cl)N1CCCC1c1cccnc1. The molecule has 1 aliphatic heterocycles. The summed E-state index contributed by atoms with van der Waals surface area (Å²) in [5.41, 5.74) is -1.01. The summed E-state index contributed by atoms with van der Waals surface area (Å²) < 4.78 is 12.8. The maximum Gasteiger partial charge on any atom is 0.273 e. The minimum absolute atomic E-state index is 0.0850. The fourth-order valence-electron chi connectivity index (χ4n) is 2.08. The highest BCUT2D eigenvalue weighted by Crippen LogP contribution is 2.32. The normalized spacial score (nSPS) is 22.1. The molecule has 1 aliphatic rings. The molecule has 0 spiro atoms. The Balaban J connectivity index is 2.19. The number of nitrogens with zero attached hydrogens (tertiary/aromatic N) is 2. The minimum atomic E-state index is -1.95. The van der Waals surface area contributed by atoms with Gasteiger partial charge >= 0.3 is 0 Å². The van der Waals surface area contributed by atoms with E-state index in [0.717, 1.165) is 18.4 Å². The molecule has 16 heavy (non-hydrogen) atoms. The van der Waals surface area contributed by atoms with Crippen LogP contribution >= 0.6 is 11.6 Å². The quantitative estimate of drug-likeness (QED) is 0.746. The standard InChI is InChI=1S/C11H12ClFN2O/c12-10(13)11(16)15-6-2-4-9(15)8-3-1-5-14-7-8/h1,3,5,7,9-10H,2,4,6H2. The van der Waals surface area contributed by atoms with E-state index in [0.29, 0.717) is 6.54 Å². The Labute approximate surface area is 98.2 Å². The predicted octanol–water partition coefficient (Wildman–Crippen LogP) is 2.28. The van der Waals surface area contributed by atoms with Crippen molar-refractivity contribution in [1.29, 1.82) is 0 Å². The molecule has 1 aromatic rings. The molecule has 2 unspecified atom stereocenters. The monoisotopic (exact) mass is 242 g/mol. The Morgan fingerprint density at radius 1 is 1.69 bits per heavy atom. The van der Waals surface area contributed by atoms with E-state index in [1.807, 2.05) is 12.1 Å². The number of pyridine rings is 1. The van der Waals surface area contributed by atoms with Gasteiger partial charge in [-0.15, -0.1) is 0 Å². The molecule has 0 aliphatic carbocycles. The average molecular weight is 243 g/mol. The summed E-state index contributed by atoms with van der Waals surface area (Å²) in [6, 6.07) is 3.62. The van der Waals surface area contributed by atoms with Crippen molar-refractivity contribution in [2.24, 2.45) is 0 Å². The Morgan fingerprint density at radius 3 is 3.12 bits per heavy atom. The summed E-state index contributed by atoms with van der Waals surface area (Å²) >= 11 is 5.19. The second-order valence-electron chi connectivity index (χ2n) is 3.78. The molecule has 2 heterocycles. The summed E-state index contributed by atoms with van der Waals surface area (Å²) in [4.78, 5) is 17.0. The summed E-state index contributed by atoms with van der Waals surface area (Å²) in [6.07, 6.45) is 5.08. The maximum atomic E-state index is 12.8. The van der Waals surface area contributed by atoms with Crippen molar-refractivity contribution in [3.05, 3.63) is 30.1 Å². The first kappa shape index (κ1) is 11.3. The first-order valence-electron chi connectivity index (χ1n) is 5.18. The average Bonchev–Trinajstić information content (AvgIpc) is 2.77. The number of halogens is 2. The molecular weight excluding hydrogens is 231 g/mol. The Hall–Kier alpha value is -1.16. The van der Waals surface area contributed by atoms with E-state index in [9.17, 15) is 9.18 Å². The van der Waals surface area contributed by atoms with E-state index in [4.69, 9.17) is 11.6 Å². The van der Waals surface area contributed by atoms with E-state index >= 15 is 0 Å². The number of likely N-dealkylation sites (tertiary alicyclic amines) is 1. The molecule has 0 bridgehead atoms. The summed E-state index contributed by atoms with van der Waals surface area (Å²) in [5.74, 6) is -0.645. The van der Waals surface area contributed by atoms with E-state index in [2.05, 4.69) is 4.98 Å². The lowest BCUT2D eigenvalue weighted by molar-refractivity contribution is -0.134. The van der Waals surface area contributed by atoms with Gasteiger partial charge < -0.3 is 4.90 Å². The highest BCUT2D eigenvalue weighted by molar-refractivity contribution is 6.29. The van der Waals surface area contributed by atoms with Crippen molar-refractivity contribution in [3.63, 3.8) is 0 Å². The van der Waals surface area contributed by atoms with Gasteiger partial charge in [0.25, 0.3) is 11.5 Å². The third-order valence-electron chi connectivity index (χ3n) is 2.79. The van der Waals surface area contributed by atoms with Crippen LogP contribution in [0.2, 0.25) is 0 Å². The molecule has 2 rings (SSSR count). The van der Waals surface area contributed by atoms with Gasteiger partial charge in [0, 0.05) is 18.9 Å². The number of carbonyl (C=O) groups excluding carboxylic acids is 1. The van der Waals surface area contributed by atoms with Gasteiger partial charge in [0.1, 0.15) is 0 Å². The van der Waals surface area contributed by atoms with Crippen molar-refractivity contribution in [1.82, 2.24) is 9.88 Å². The van der Waals surface area contributed by atoms with E-state index < -0.39 is 11.5 Å². The number of aromatic nitrogens is 1. The smallest absolute Gasteiger partial charge is 0.273 e. The van der Waals surface area contributed by atoms with Crippen molar-refractivity contribution in [2.45, 2.75) is 24.5 Å². The van der Waals surface area contributed by atoms with Crippen molar-refractivity contribution in [2.75, 3.05) is 6.54 Å². The van der Waals surface area contributed by atoms with Crippen molar-refractivity contribution < 1.29 is 9.18 Å². The van der Waals surface area contributed by atoms with Crippen molar-refractivity contribution >= 4 is 17.5 Å². The van der Waals surface area contributed by atoms with Crippen LogP contribution in [0, 0.1) is 0 Å². The van der Waals surface area contributed by atoms with E-state index in [1.54, 1.807) is 12.4 Å². The number of hydrogen-bond donors (Lipinski definition) is 0. The molecule has 0 N–H and O–H groups in total. The van der Waals surface area contributed by atoms with Gasteiger partial charge in [0.15, 0.2) is 0 Å². The highest BCUT2D eigenvalue weighted by Gasteiger charge is 2.33. The van der Waals surface area contributed by atoms with E-state index in [-0.39, 0.29) is 6.04 Å². The first-order valence-corrected chi connectivity index (χ1v) is 5.62. The summed E-state index contributed by atoms with van der Waals surface area (Å²) in [7, 11) is 0. The number of alkyl halides is 2. The lowest BCUT2D eigenvalue weighted by Crippen LogP contribution is -2.34. The van der Waals surface area contributed by atoms with Crippen LogP contribution in [0.1, 0.15) is 24.4 Å². The zero-order valence-electron chi connectivity index (χ0n) is 8.64. The molecule has 3 nitrogen and oxygen atoms in total. The van der Waals surface area contributed by atoms with Crippen LogP contribution in [0.4, 0.5) is 4.39 Å². The second kappa shape index (κ2) is 4.78. The number of rotatable bonds is 2. The van der Waals surface area contributed by atoms with Gasteiger partial charge in [0.2, 0.25) is 0 Å². The molecule has 1 saturated heterocycles. The third kappa shape index (κ3) is 2.16. The predicted molar refractivity (Wildman–Crippen MR) is 58.7 cm³/mol. The largest absolute Gasteiger partial charge is 0.332 e. The lowest BCUT2D eigenvalue weighted by atomic mass is 10.1. The van der Waals surface area contributed by atoms with Crippen LogP contribution in [0.3, 0.4) is 0 Å². The fourth-order valence-corrected chi connectivity index (χ4v) is 2.20. The molecule has 0 saturated carbocycles. The Kier molecular flexibility index (Phi) is 3.39. The molecule has 1 aromatic heterocycles. The van der Waals surface area contributed by atoms with Gasteiger partial charge in [0.05, 0.1) is 6.04 Å². The second-order valence-corrected chi connectivity index (χ2v) is 4.16. The molecule has 86 valence electrons. The van der Waals surface area contributed by atoms with Gasteiger partial charge in [-0.05, 0) is 24.5 Å². The fraction of sp³-hybridized carbons (Fsp3) is 0.455. The summed E-state index contributed by atoms with van der Waals surface area (Å²) in [6.45, 7) is 0.561. The number of amides is 1. The Morgan fingerprint density at radius 2 is 2.50 bits per heavy atom. The van der Waals surface area contributed by atoms with Crippen LogP contribution in [0.15, 0.2) is 24.5 Å².